The van der Waals surface area contributed by atoms with Gasteiger partial charge in [-0.05, 0) is 37.1 Å². The SMILES string of the molecule is Cc1occc1-c1nnc(SCC(=O)NCCc2ccc(Cl)cc2)n1N. The van der Waals surface area contributed by atoms with Gasteiger partial charge in [0, 0.05) is 11.6 Å². The Kier molecular flexibility index (Phi) is 5.85. The number of nitrogens with zero attached hydrogens (tertiary/aromatic N) is 3. The molecule has 0 unspecified atom stereocenters. The first kappa shape index (κ1) is 18.3. The summed E-state index contributed by atoms with van der Waals surface area (Å²) >= 11 is 7.08. The molecule has 0 aliphatic rings. The van der Waals surface area contributed by atoms with E-state index in [0.717, 1.165) is 17.5 Å². The van der Waals surface area contributed by atoms with Crippen LogP contribution in [0.3, 0.4) is 0 Å². The molecule has 2 heterocycles. The number of amides is 1. The van der Waals surface area contributed by atoms with E-state index in [0.29, 0.717) is 28.3 Å². The lowest BCUT2D eigenvalue weighted by Gasteiger charge is -2.06. The van der Waals surface area contributed by atoms with E-state index in [1.54, 1.807) is 12.3 Å². The molecule has 0 saturated carbocycles. The molecule has 0 saturated heterocycles. The topological polar surface area (TPSA) is 99.0 Å². The molecule has 0 fully saturated rings. The molecule has 3 N–H and O–H groups in total. The molecule has 1 aromatic carbocycles. The van der Waals surface area contributed by atoms with Crippen LogP contribution in [0.1, 0.15) is 11.3 Å². The highest BCUT2D eigenvalue weighted by Crippen LogP contribution is 2.24. The largest absolute Gasteiger partial charge is 0.469 e. The fourth-order valence-electron chi connectivity index (χ4n) is 2.35. The predicted molar refractivity (Wildman–Crippen MR) is 102 cm³/mol. The van der Waals surface area contributed by atoms with Crippen molar-refractivity contribution in [2.75, 3.05) is 18.1 Å². The molecule has 0 aliphatic carbocycles. The van der Waals surface area contributed by atoms with E-state index >= 15 is 0 Å². The predicted octanol–water partition coefficient (Wildman–Crippen LogP) is 2.66. The Morgan fingerprint density at radius 3 is 2.77 bits per heavy atom. The second-order valence-electron chi connectivity index (χ2n) is 5.58. The molecule has 3 rings (SSSR count). The van der Waals surface area contributed by atoms with Gasteiger partial charge in [0.25, 0.3) is 0 Å². The summed E-state index contributed by atoms with van der Waals surface area (Å²) in [5, 5.41) is 12.1. The Labute approximate surface area is 159 Å². The lowest BCUT2D eigenvalue weighted by atomic mass is 10.1. The van der Waals surface area contributed by atoms with Crippen LogP contribution in [0.25, 0.3) is 11.4 Å². The number of benzene rings is 1. The van der Waals surface area contributed by atoms with Gasteiger partial charge < -0.3 is 15.6 Å². The van der Waals surface area contributed by atoms with Gasteiger partial charge in [-0.15, -0.1) is 10.2 Å². The highest BCUT2D eigenvalue weighted by atomic mass is 35.5. The standard InChI is InChI=1S/C17H18ClN5O2S/c1-11-14(7-9-25-11)16-21-22-17(23(16)19)26-10-15(24)20-8-6-12-2-4-13(18)5-3-12/h2-5,7,9H,6,8,10,19H2,1H3,(H,20,24). The summed E-state index contributed by atoms with van der Waals surface area (Å²) in [7, 11) is 0. The Bertz CT molecular complexity index is 891. The highest BCUT2D eigenvalue weighted by Gasteiger charge is 2.16. The van der Waals surface area contributed by atoms with Crippen LogP contribution >= 0.6 is 23.4 Å². The van der Waals surface area contributed by atoms with Crippen molar-refractivity contribution in [1.82, 2.24) is 20.2 Å². The summed E-state index contributed by atoms with van der Waals surface area (Å²) in [6.07, 6.45) is 2.31. The third-order valence-corrected chi connectivity index (χ3v) is 4.94. The van der Waals surface area contributed by atoms with Gasteiger partial charge in [-0.2, -0.15) is 0 Å². The van der Waals surface area contributed by atoms with Gasteiger partial charge >= 0.3 is 0 Å². The average Bonchev–Trinajstić information content (AvgIpc) is 3.20. The molecule has 0 aliphatic heterocycles. The summed E-state index contributed by atoms with van der Waals surface area (Å²) in [6, 6.07) is 9.34. The molecule has 3 aromatic rings. The first-order valence-electron chi connectivity index (χ1n) is 7.93. The first-order chi connectivity index (χ1) is 12.5. The lowest BCUT2D eigenvalue weighted by Crippen LogP contribution is -2.27. The quantitative estimate of drug-likeness (QED) is 0.474. The van der Waals surface area contributed by atoms with Crippen molar-refractivity contribution in [3.63, 3.8) is 0 Å². The Morgan fingerprint density at radius 1 is 1.31 bits per heavy atom. The second kappa shape index (κ2) is 8.29. The highest BCUT2D eigenvalue weighted by molar-refractivity contribution is 7.99. The Balaban J connectivity index is 1.48. The zero-order valence-electron chi connectivity index (χ0n) is 14.1. The van der Waals surface area contributed by atoms with Gasteiger partial charge in [0.15, 0.2) is 5.82 Å². The van der Waals surface area contributed by atoms with Crippen molar-refractivity contribution < 1.29 is 9.21 Å². The van der Waals surface area contributed by atoms with E-state index in [1.165, 1.54) is 16.4 Å². The average molecular weight is 392 g/mol. The summed E-state index contributed by atoms with van der Waals surface area (Å²) in [5.74, 6) is 7.35. The van der Waals surface area contributed by atoms with Gasteiger partial charge in [-0.1, -0.05) is 35.5 Å². The minimum atomic E-state index is -0.0898. The van der Waals surface area contributed by atoms with Gasteiger partial charge in [-0.3, -0.25) is 4.79 Å². The molecule has 26 heavy (non-hydrogen) atoms. The molecule has 2 aromatic heterocycles. The van der Waals surface area contributed by atoms with E-state index in [4.69, 9.17) is 21.9 Å². The van der Waals surface area contributed by atoms with Crippen molar-refractivity contribution in [3.8, 4) is 11.4 Å². The summed E-state index contributed by atoms with van der Waals surface area (Å²) < 4.78 is 6.62. The number of thioether (sulfide) groups is 1. The summed E-state index contributed by atoms with van der Waals surface area (Å²) in [6.45, 7) is 2.38. The number of aromatic nitrogens is 3. The van der Waals surface area contributed by atoms with Crippen LogP contribution in [0, 0.1) is 6.92 Å². The van der Waals surface area contributed by atoms with Crippen molar-refractivity contribution in [3.05, 3.63) is 52.9 Å². The molecule has 1 amide bonds. The van der Waals surface area contributed by atoms with Crippen molar-refractivity contribution >= 4 is 29.3 Å². The van der Waals surface area contributed by atoms with Gasteiger partial charge in [0.2, 0.25) is 11.1 Å². The Morgan fingerprint density at radius 2 is 2.08 bits per heavy atom. The van der Waals surface area contributed by atoms with Crippen molar-refractivity contribution in [2.24, 2.45) is 0 Å². The molecular weight excluding hydrogens is 374 g/mol. The van der Waals surface area contributed by atoms with Gasteiger partial charge in [0.1, 0.15) is 5.76 Å². The van der Waals surface area contributed by atoms with Crippen LogP contribution in [-0.4, -0.2) is 33.1 Å². The number of hydrogen-bond donors (Lipinski definition) is 2. The molecule has 9 heteroatoms. The monoisotopic (exact) mass is 391 g/mol. The molecule has 0 spiro atoms. The molecule has 7 nitrogen and oxygen atoms in total. The maximum absolute atomic E-state index is 12.0. The summed E-state index contributed by atoms with van der Waals surface area (Å²) in [5.41, 5.74) is 1.89. The van der Waals surface area contributed by atoms with Crippen LogP contribution in [0.5, 0.6) is 0 Å². The third-order valence-electron chi connectivity index (χ3n) is 3.75. The van der Waals surface area contributed by atoms with Crippen LogP contribution in [0.4, 0.5) is 0 Å². The van der Waals surface area contributed by atoms with Crippen molar-refractivity contribution in [2.45, 2.75) is 18.5 Å². The summed E-state index contributed by atoms with van der Waals surface area (Å²) in [4.78, 5) is 12.0. The number of aryl methyl sites for hydroxylation is 1. The van der Waals surface area contributed by atoms with E-state index in [2.05, 4.69) is 15.5 Å². The van der Waals surface area contributed by atoms with E-state index < -0.39 is 0 Å². The number of rotatable bonds is 7. The maximum atomic E-state index is 12.0. The smallest absolute Gasteiger partial charge is 0.230 e. The number of carbonyl (C=O) groups is 1. The van der Waals surface area contributed by atoms with Crippen LogP contribution in [0.15, 0.2) is 46.2 Å². The number of nitrogen functional groups attached to an aromatic ring is 1. The number of halogens is 1. The van der Waals surface area contributed by atoms with E-state index in [9.17, 15) is 4.79 Å². The second-order valence-corrected chi connectivity index (χ2v) is 6.96. The minimum Gasteiger partial charge on any atom is -0.469 e. The third kappa shape index (κ3) is 4.39. The molecule has 0 bridgehead atoms. The fourth-order valence-corrected chi connectivity index (χ4v) is 3.17. The molecule has 0 atom stereocenters. The molecule has 0 radical (unpaired) electrons. The lowest BCUT2D eigenvalue weighted by molar-refractivity contribution is -0.118. The number of hydrogen-bond acceptors (Lipinski definition) is 6. The van der Waals surface area contributed by atoms with Crippen LogP contribution < -0.4 is 11.2 Å². The van der Waals surface area contributed by atoms with Gasteiger partial charge in [0.05, 0.1) is 17.6 Å². The zero-order chi connectivity index (χ0) is 18.5. The van der Waals surface area contributed by atoms with E-state index in [-0.39, 0.29) is 11.7 Å². The molecule has 136 valence electrons. The molecular formula is C17H18ClN5O2S. The maximum Gasteiger partial charge on any atom is 0.230 e. The first-order valence-corrected chi connectivity index (χ1v) is 9.30. The van der Waals surface area contributed by atoms with Crippen LogP contribution in [0.2, 0.25) is 5.02 Å². The Hall–Kier alpha value is -2.45. The zero-order valence-corrected chi connectivity index (χ0v) is 15.7. The van der Waals surface area contributed by atoms with E-state index in [1.807, 2.05) is 31.2 Å². The normalized spacial score (nSPS) is 10.8. The minimum absolute atomic E-state index is 0.0898. The number of nitrogens with one attached hydrogen (secondary N) is 1. The van der Waals surface area contributed by atoms with Crippen LogP contribution in [-0.2, 0) is 11.2 Å². The number of furan rings is 1. The number of nitrogens with two attached hydrogens (primary N) is 1. The van der Waals surface area contributed by atoms with Crippen molar-refractivity contribution in [1.29, 1.82) is 0 Å². The van der Waals surface area contributed by atoms with Gasteiger partial charge in [-0.25, -0.2) is 4.68 Å². The fraction of sp³-hybridized carbons (Fsp3) is 0.235. The number of carbonyl (C=O) groups excluding carboxylic acids is 1.